The molecule has 0 radical (unpaired) electrons. The Morgan fingerprint density at radius 2 is 2.00 bits per heavy atom. The van der Waals surface area contributed by atoms with Crippen molar-refractivity contribution < 1.29 is 4.79 Å². The summed E-state index contributed by atoms with van der Waals surface area (Å²) in [5.74, 6) is 2.01. The molecule has 106 valence electrons. The first kappa shape index (κ1) is 16.1. The van der Waals surface area contributed by atoms with E-state index in [-0.39, 0.29) is 11.9 Å². The molecule has 4 heteroatoms. The third-order valence-corrected chi connectivity index (χ3v) is 4.07. The molecule has 0 saturated carbocycles. The van der Waals surface area contributed by atoms with Gasteiger partial charge in [0.25, 0.3) is 0 Å². The molecule has 1 amide bonds. The first-order chi connectivity index (χ1) is 9.20. The zero-order valence-corrected chi connectivity index (χ0v) is 12.4. The molecule has 3 nitrogen and oxygen atoms in total. The zero-order chi connectivity index (χ0) is 13.9. The third-order valence-electron chi connectivity index (χ3n) is 2.95. The maximum Gasteiger partial charge on any atom is 0.234 e. The highest BCUT2D eigenvalue weighted by atomic mass is 32.2. The average molecular weight is 280 g/mol. The molecule has 19 heavy (non-hydrogen) atoms. The molecule has 0 aliphatic heterocycles. The molecule has 0 bridgehead atoms. The van der Waals surface area contributed by atoms with Gasteiger partial charge in [0.2, 0.25) is 5.91 Å². The van der Waals surface area contributed by atoms with Crippen molar-refractivity contribution in [1.82, 2.24) is 5.32 Å². The minimum Gasteiger partial charge on any atom is -0.368 e. The smallest absolute Gasteiger partial charge is 0.234 e. The van der Waals surface area contributed by atoms with Gasteiger partial charge in [0.15, 0.2) is 0 Å². The Morgan fingerprint density at radius 1 is 1.26 bits per heavy atom. The van der Waals surface area contributed by atoms with E-state index >= 15 is 0 Å². The number of nitrogens with one attached hydrogen (secondary N) is 1. The number of thioether (sulfide) groups is 1. The van der Waals surface area contributed by atoms with Crippen LogP contribution in [0.1, 0.15) is 31.7 Å². The van der Waals surface area contributed by atoms with Crippen LogP contribution in [0, 0.1) is 0 Å². The highest BCUT2D eigenvalue weighted by Gasteiger charge is 2.05. The topological polar surface area (TPSA) is 55.1 Å². The second-order valence-electron chi connectivity index (χ2n) is 4.68. The molecule has 1 aromatic rings. The number of hydrogen-bond acceptors (Lipinski definition) is 3. The van der Waals surface area contributed by atoms with E-state index in [2.05, 4.69) is 29.6 Å². The normalized spacial score (nSPS) is 12.3. The standard InChI is InChI=1S/C15H24N2OS/c1-13(15(16)18)17-10-6-3-7-11-19-12-14-8-4-2-5-9-14/h2,4-5,8-9,13,17H,3,6-7,10-12H2,1H3,(H2,16,18). The molecule has 1 unspecified atom stereocenters. The first-order valence-corrected chi connectivity index (χ1v) is 8.00. The van der Waals surface area contributed by atoms with Gasteiger partial charge in [0.1, 0.15) is 0 Å². The number of unbranched alkanes of at least 4 members (excludes halogenated alkanes) is 2. The Morgan fingerprint density at radius 3 is 2.68 bits per heavy atom. The van der Waals surface area contributed by atoms with Crippen LogP contribution in [0.15, 0.2) is 30.3 Å². The summed E-state index contributed by atoms with van der Waals surface area (Å²) >= 11 is 1.98. The van der Waals surface area contributed by atoms with Gasteiger partial charge in [-0.3, -0.25) is 4.79 Å². The molecule has 0 heterocycles. The highest BCUT2D eigenvalue weighted by molar-refractivity contribution is 7.98. The summed E-state index contributed by atoms with van der Waals surface area (Å²) in [6, 6.07) is 10.3. The summed E-state index contributed by atoms with van der Waals surface area (Å²) in [7, 11) is 0. The lowest BCUT2D eigenvalue weighted by Crippen LogP contribution is -2.39. The van der Waals surface area contributed by atoms with E-state index in [1.165, 1.54) is 24.2 Å². The van der Waals surface area contributed by atoms with Crippen molar-refractivity contribution in [2.45, 2.75) is 38.0 Å². The average Bonchev–Trinajstić information content (AvgIpc) is 2.42. The van der Waals surface area contributed by atoms with Gasteiger partial charge in [-0.05, 0) is 37.6 Å². The minimum atomic E-state index is -0.279. The number of nitrogens with two attached hydrogens (primary N) is 1. The molecule has 1 aromatic carbocycles. The molecular weight excluding hydrogens is 256 g/mol. The summed E-state index contributed by atoms with van der Waals surface area (Å²) in [6.07, 6.45) is 3.52. The van der Waals surface area contributed by atoms with Crippen LogP contribution >= 0.6 is 11.8 Å². The minimum absolute atomic E-state index is 0.215. The van der Waals surface area contributed by atoms with Crippen molar-refractivity contribution in [2.24, 2.45) is 5.73 Å². The second-order valence-corrected chi connectivity index (χ2v) is 5.78. The van der Waals surface area contributed by atoms with E-state index in [0.717, 1.165) is 18.7 Å². The van der Waals surface area contributed by atoms with E-state index in [1.807, 2.05) is 17.8 Å². The lowest BCUT2D eigenvalue weighted by atomic mass is 10.2. The molecule has 3 N–H and O–H groups in total. The lowest BCUT2D eigenvalue weighted by molar-refractivity contribution is -0.119. The predicted molar refractivity (Wildman–Crippen MR) is 83.1 cm³/mol. The summed E-state index contributed by atoms with van der Waals surface area (Å²) in [5, 5.41) is 3.12. The van der Waals surface area contributed by atoms with Gasteiger partial charge in [-0.15, -0.1) is 0 Å². The fourth-order valence-electron chi connectivity index (χ4n) is 1.69. The van der Waals surface area contributed by atoms with Crippen LogP contribution in [-0.2, 0) is 10.5 Å². The van der Waals surface area contributed by atoms with Crippen LogP contribution in [-0.4, -0.2) is 24.2 Å². The van der Waals surface area contributed by atoms with Crippen molar-refractivity contribution in [3.05, 3.63) is 35.9 Å². The van der Waals surface area contributed by atoms with Crippen molar-refractivity contribution in [3.8, 4) is 0 Å². The molecular formula is C15H24N2OS. The number of primary amides is 1. The molecule has 0 aliphatic rings. The maximum atomic E-state index is 10.8. The Bertz CT molecular complexity index is 356. The second kappa shape index (κ2) is 9.87. The largest absolute Gasteiger partial charge is 0.368 e. The van der Waals surface area contributed by atoms with Crippen LogP contribution in [0.5, 0.6) is 0 Å². The predicted octanol–water partition coefficient (Wildman–Crippen LogP) is 2.55. The van der Waals surface area contributed by atoms with Crippen molar-refractivity contribution in [1.29, 1.82) is 0 Å². The zero-order valence-electron chi connectivity index (χ0n) is 11.6. The Labute approximate surface area is 120 Å². The van der Waals surface area contributed by atoms with Crippen molar-refractivity contribution in [3.63, 3.8) is 0 Å². The molecule has 0 spiro atoms. The fourth-order valence-corrected chi connectivity index (χ4v) is 2.67. The van der Waals surface area contributed by atoms with Crippen LogP contribution in [0.25, 0.3) is 0 Å². The SMILES string of the molecule is CC(NCCCCCSCc1ccccc1)C(N)=O. The fraction of sp³-hybridized carbons (Fsp3) is 0.533. The van der Waals surface area contributed by atoms with E-state index in [1.54, 1.807) is 6.92 Å². The molecule has 0 aliphatic carbocycles. The quantitative estimate of drug-likeness (QED) is 0.648. The molecule has 0 aromatic heterocycles. The van der Waals surface area contributed by atoms with Gasteiger partial charge in [-0.25, -0.2) is 0 Å². The summed E-state index contributed by atoms with van der Waals surface area (Å²) in [4.78, 5) is 10.8. The molecule has 0 saturated heterocycles. The van der Waals surface area contributed by atoms with E-state index in [4.69, 9.17) is 5.73 Å². The number of amides is 1. The Balaban J connectivity index is 1.90. The third kappa shape index (κ3) is 7.90. The monoisotopic (exact) mass is 280 g/mol. The first-order valence-electron chi connectivity index (χ1n) is 6.84. The van der Waals surface area contributed by atoms with Gasteiger partial charge >= 0.3 is 0 Å². The van der Waals surface area contributed by atoms with Crippen molar-refractivity contribution in [2.75, 3.05) is 12.3 Å². The molecule has 1 atom stereocenters. The van der Waals surface area contributed by atoms with E-state index < -0.39 is 0 Å². The lowest BCUT2D eigenvalue weighted by Gasteiger charge is -2.09. The van der Waals surface area contributed by atoms with Crippen LogP contribution in [0.2, 0.25) is 0 Å². The summed E-state index contributed by atoms with van der Waals surface area (Å²) < 4.78 is 0. The van der Waals surface area contributed by atoms with Gasteiger partial charge in [0, 0.05) is 5.75 Å². The van der Waals surface area contributed by atoms with Gasteiger partial charge in [-0.1, -0.05) is 36.8 Å². The number of carbonyl (C=O) groups is 1. The van der Waals surface area contributed by atoms with Gasteiger partial charge in [0.05, 0.1) is 6.04 Å². The van der Waals surface area contributed by atoms with Crippen LogP contribution in [0.3, 0.4) is 0 Å². The van der Waals surface area contributed by atoms with Gasteiger partial charge in [-0.2, -0.15) is 11.8 Å². The molecule has 1 rings (SSSR count). The van der Waals surface area contributed by atoms with Gasteiger partial charge < -0.3 is 11.1 Å². The van der Waals surface area contributed by atoms with E-state index in [0.29, 0.717) is 0 Å². The number of hydrogen-bond donors (Lipinski definition) is 2. The Kier molecular flexibility index (Phi) is 8.34. The highest BCUT2D eigenvalue weighted by Crippen LogP contribution is 2.13. The van der Waals surface area contributed by atoms with Crippen LogP contribution in [0.4, 0.5) is 0 Å². The summed E-state index contributed by atoms with van der Waals surface area (Å²) in [5.41, 5.74) is 6.56. The molecule has 0 fully saturated rings. The number of rotatable bonds is 10. The number of benzene rings is 1. The van der Waals surface area contributed by atoms with Crippen molar-refractivity contribution >= 4 is 17.7 Å². The summed E-state index contributed by atoms with van der Waals surface area (Å²) in [6.45, 7) is 2.67. The maximum absolute atomic E-state index is 10.8. The van der Waals surface area contributed by atoms with Crippen LogP contribution < -0.4 is 11.1 Å². The van der Waals surface area contributed by atoms with E-state index in [9.17, 15) is 4.79 Å². The number of carbonyl (C=O) groups excluding carboxylic acids is 1. The Hall–Kier alpha value is -1.00.